The van der Waals surface area contributed by atoms with Gasteiger partial charge in [-0.15, -0.1) is 0 Å². The van der Waals surface area contributed by atoms with Gasteiger partial charge in [-0.2, -0.15) is 0 Å². The number of carbonyl (C=O) groups excluding carboxylic acids is 4. The lowest BCUT2D eigenvalue weighted by Gasteiger charge is -2.12. The van der Waals surface area contributed by atoms with Gasteiger partial charge in [0.15, 0.2) is 0 Å². The number of amides is 3. The number of carbonyl (C=O) groups is 4. The molecule has 3 amide bonds. The number of hydrogen-bond donors (Lipinski definition) is 3. The number of ether oxygens (including phenoxy) is 1. The minimum absolute atomic E-state index is 0.0821. The highest BCUT2D eigenvalue weighted by atomic mass is 16.5. The van der Waals surface area contributed by atoms with Gasteiger partial charge in [0.25, 0.3) is 5.91 Å². The van der Waals surface area contributed by atoms with Crippen LogP contribution in [-0.2, 0) is 14.3 Å². The molecule has 0 unspecified atom stereocenters. The number of rotatable bonds is 5. The van der Waals surface area contributed by atoms with Crippen molar-refractivity contribution in [2.24, 2.45) is 0 Å². The first-order valence-corrected chi connectivity index (χ1v) is 10.1. The summed E-state index contributed by atoms with van der Waals surface area (Å²) in [6.07, 6.45) is 1.41. The molecule has 0 aliphatic rings. The van der Waals surface area contributed by atoms with E-state index in [-0.39, 0.29) is 16.8 Å². The monoisotopic (exact) mass is 445 g/mol. The second-order valence-corrected chi connectivity index (χ2v) is 7.27. The van der Waals surface area contributed by atoms with Crippen molar-refractivity contribution in [2.75, 3.05) is 12.4 Å². The summed E-state index contributed by atoms with van der Waals surface area (Å²) >= 11 is 0. The van der Waals surface area contributed by atoms with E-state index in [0.29, 0.717) is 0 Å². The average Bonchev–Trinajstić information content (AvgIpc) is 2.81. The molecule has 8 heteroatoms. The molecule has 33 heavy (non-hydrogen) atoms. The molecule has 0 fully saturated rings. The van der Waals surface area contributed by atoms with E-state index in [1.54, 1.807) is 0 Å². The smallest absolute Gasteiger partial charge is 0.339 e. The van der Waals surface area contributed by atoms with Gasteiger partial charge in [-0.05, 0) is 53.1 Å². The van der Waals surface area contributed by atoms with E-state index in [9.17, 15) is 19.2 Å². The maximum atomic E-state index is 12.7. The summed E-state index contributed by atoms with van der Waals surface area (Å²) in [5.74, 6) is -2.21. The van der Waals surface area contributed by atoms with Crippen molar-refractivity contribution in [1.29, 1.82) is 0 Å². The minimum atomic E-state index is -0.672. The lowest BCUT2D eigenvalue weighted by Crippen LogP contribution is -2.40. The van der Waals surface area contributed by atoms with Gasteiger partial charge < -0.3 is 10.1 Å². The van der Waals surface area contributed by atoms with E-state index in [0.717, 1.165) is 21.9 Å². The first kappa shape index (κ1) is 23.2. The summed E-state index contributed by atoms with van der Waals surface area (Å²) in [5.41, 5.74) is 6.32. The van der Waals surface area contributed by atoms with E-state index < -0.39 is 23.7 Å². The lowest BCUT2D eigenvalue weighted by atomic mass is 10.0. The van der Waals surface area contributed by atoms with Crippen LogP contribution in [0.25, 0.3) is 16.3 Å². The summed E-state index contributed by atoms with van der Waals surface area (Å²) in [5, 5.41) is 4.78. The number of nitrogens with one attached hydrogen (secondary N) is 3. The standard InChI is InChI=1S/C25H23N3O5/c1-15(18-9-8-17-6-4-5-7-19(17)13-18)12-23(30)26-22-14-20(24(31)28-27-16(2)29)10-11-21(22)25(32)33-3/h4-14H,1-3H3,(H,26,30)(H,27,29)(H,28,31)/b15-12-. The topological polar surface area (TPSA) is 114 Å². The molecule has 0 radical (unpaired) electrons. The Bertz CT molecular complexity index is 1280. The number of fused-ring (bicyclic) bond motifs is 1. The van der Waals surface area contributed by atoms with Crippen LogP contribution in [0.5, 0.6) is 0 Å². The SMILES string of the molecule is COC(=O)c1ccc(C(=O)NNC(C)=O)cc1NC(=O)/C=C(/C)c1ccc2ccccc2c1. The third-order valence-electron chi connectivity index (χ3n) is 4.85. The van der Waals surface area contributed by atoms with Crippen LogP contribution in [0.2, 0.25) is 0 Å². The minimum Gasteiger partial charge on any atom is -0.465 e. The van der Waals surface area contributed by atoms with Crippen molar-refractivity contribution in [3.63, 3.8) is 0 Å². The summed E-state index contributed by atoms with van der Waals surface area (Å²) in [4.78, 5) is 48.1. The second kappa shape index (κ2) is 10.2. The van der Waals surface area contributed by atoms with Crippen LogP contribution < -0.4 is 16.2 Å². The molecule has 0 saturated heterocycles. The predicted octanol–water partition coefficient (Wildman–Crippen LogP) is 3.45. The van der Waals surface area contributed by atoms with Crippen molar-refractivity contribution in [2.45, 2.75) is 13.8 Å². The van der Waals surface area contributed by atoms with Crippen LogP contribution in [0.15, 0.2) is 66.7 Å². The van der Waals surface area contributed by atoms with Gasteiger partial charge in [0.1, 0.15) is 0 Å². The molecule has 0 bridgehead atoms. The lowest BCUT2D eigenvalue weighted by molar-refractivity contribution is -0.119. The molecule has 3 rings (SSSR count). The number of hydrazine groups is 1. The summed E-state index contributed by atoms with van der Waals surface area (Å²) in [6.45, 7) is 3.05. The van der Waals surface area contributed by atoms with Crippen LogP contribution in [0.4, 0.5) is 5.69 Å². The third-order valence-corrected chi connectivity index (χ3v) is 4.85. The molecule has 8 nitrogen and oxygen atoms in total. The van der Waals surface area contributed by atoms with Crippen molar-refractivity contribution >= 4 is 45.7 Å². The first-order valence-electron chi connectivity index (χ1n) is 10.1. The molecule has 3 aromatic carbocycles. The molecule has 0 heterocycles. The van der Waals surface area contributed by atoms with Crippen molar-refractivity contribution in [1.82, 2.24) is 10.9 Å². The molecule has 3 N–H and O–H groups in total. The Morgan fingerprint density at radius 1 is 0.818 bits per heavy atom. The Balaban J connectivity index is 1.86. The van der Waals surface area contributed by atoms with E-state index >= 15 is 0 Å². The molecule has 0 atom stereocenters. The molecule has 0 spiro atoms. The maximum absolute atomic E-state index is 12.7. The number of hydrogen-bond acceptors (Lipinski definition) is 5. The number of anilines is 1. The zero-order valence-corrected chi connectivity index (χ0v) is 18.4. The van der Waals surface area contributed by atoms with Crippen molar-refractivity contribution in [3.05, 3.63) is 83.4 Å². The highest BCUT2D eigenvalue weighted by molar-refractivity contribution is 6.09. The molecule has 0 aliphatic heterocycles. The largest absolute Gasteiger partial charge is 0.465 e. The van der Waals surface area contributed by atoms with E-state index in [1.807, 2.05) is 49.4 Å². The molecule has 168 valence electrons. The number of benzene rings is 3. The fourth-order valence-corrected chi connectivity index (χ4v) is 3.18. The second-order valence-electron chi connectivity index (χ2n) is 7.27. The molecule has 0 aliphatic carbocycles. The Labute approximate surface area is 190 Å². The van der Waals surface area contributed by atoms with Gasteiger partial charge in [-0.3, -0.25) is 25.2 Å². The average molecular weight is 445 g/mol. The third kappa shape index (κ3) is 5.82. The molecule has 0 saturated carbocycles. The Morgan fingerprint density at radius 2 is 1.52 bits per heavy atom. The van der Waals surface area contributed by atoms with Gasteiger partial charge in [-0.25, -0.2) is 4.79 Å². The molecular weight excluding hydrogens is 422 g/mol. The number of esters is 1. The Hall–Kier alpha value is -4.46. The van der Waals surface area contributed by atoms with Crippen LogP contribution in [0.3, 0.4) is 0 Å². The van der Waals surface area contributed by atoms with E-state index in [4.69, 9.17) is 4.74 Å². The van der Waals surface area contributed by atoms with Gasteiger partial charge in [0.05, 0.1) is 18.4 Å². The van der Waals surface area contributed by atoms with Crippen molar-refractivity contribution in [3.8, 4) is 0 Å². The Kier molecular flexibility index (Phi) is 7.20. The van der Waals surface area contributed by atoms with E-state index in [1.165, 1.54) is 38.3 Å². The molecular formula is C25H23N3O5. The fraction of sp³-hybridized carbons (Fsp3) is 0.120. The highest BCUT2D eigenvalue weighted by Crippen LogP contribution is 2.22. The van der Waals surface area contributed by atoms with E-state index in [2.05, 4.69) is 16.2 Å². The molecule has 3 aromatic rings. The first-order chi connectivity index (χ1) is 15.8. The normalized spacial score (nSPS) is 10.9. The Morgan fingerprint density at radius 3 is 2.21 bits per heavy atom. The van der Waals surface area contributed by atoms with Gasteiger partial charge in [-0.1, -0.05) is 36.4 Å². The summed E-state index contributed by atoms with van der Waals surface area (Å²) in [7, 11) is 1.22. The quantitative estimate of drug-likeness (QED) is 0.316. The zero-order chi connectivity index (χ0) is 24.0. The maximum Gasteiger partial charge on any atom is 0.339 e. The van der Waals surface area contributed by atoms with Crippen LogP contribution in [0, 0.1) is 0 Å². The molecule has 0 aromatic heterocycles. The highest BCUT2D eigenvalue weighted by Gasteiger charge is 2.17. The van der Waals surface area contributed by atoms with Crippen LogP contribution >= 0.6 is 0 Å². The van der Waals surface area contributed by atoms with Gasteiger partial charge in [0, 0.05) is 18.6 Å². The number of methoxy groups -OCH3 is 1. The van der Waals surface area contributed by atoms with Gasteiger partial charge >= 0.3 is 5.97 Å². The zero-order valence-electron chi connectivity index (χ0n) is 18.4. The predicted molar refractivity (Wildman–Crippen MR) is 125 cm³/mol. The van der Waals surface area contributed by atoms with Crippen molar-refractivity contribution < 1.29 is 23.9 Å². The van der Waals surface area contributed by atoms with Gasteiger partial charge in [0.2, 0.25) is 11.8 Å². The number of allylic oxidation sites excluding steroid dienone is 1. The van der Waals surface area contributed by atoms with Crippen LogP contribution in [-0.4, -0.2) is 30.8 Å². The summed E-state index contributed by atoms with van der Waals surface area (Å²) < 4.78 is 4.77. The van der Waals surface area contributed by atoms with Crippen LogP contribution in [0.1, 0.15) is 40.1 Å². The summed E-state index contributed by atoms with van der Waals surface area (Å²) in [6, 6.07) is 17.9. The fourth-order valence-electron chi connectivity index (χ4n) is 3.18.